The summed E-state index contributed by atoms with van der Waals surface area (Å²) >= 11 is 0. The highest BCUT2D eigenvalue weighted by molar-refractivity contribution is 5.88. The number of fused-ring (bicyclic) bond motifs is 1. The molecule has 0 fully saturated rings. The van der Waals surface area contributed by atoms with Gasteiger partial charge in [-0.05, 0) is 42.0 Å². The number of aliphatic imine (C=N–C) groups is 1. The van der Waals surface area contributed by atoms with Crippen molar-refractivity contribution in [1.82, 2.24) is 9.97 Å². The minimum atomic E-state index is -0.833. The van der Waals surface area contributed by atoms with Gasteiger partial charge in [0.2, 0.25) is 5.95 Å². The van der Waals surface area contributed by atoms with E-state index in [-0.39, 0.29) is 11.7 Å². The van der Waals surface area contributed by atoms with E-state index in [2.05, 4.69) is 32.1 Å². The molecule has 0 unspecified atom stereocenters. The number of carboxylic acid groups (broad SMARTS) is 1. The molecule has 150 valence electrons. The number of aliphatic carboxylic acids is 1. The van der Waals surface area contributed by atoms with Crippen LogP contribution >= 0.6 is 0 Å². The lowest BCUT2D eigenvalue weighted by Crippen LogP contribution is -2.00. The number of aromatic hydroxyl groups is 1. The molecule has 5 N–H and O–H groups in total. The number of anilines is 3. The van der Waals surface area contributed by atoms with Gasteiger partial charge < -0.3 is 21.3 Å². The Hall–Kier alpha value is -4.38. The number of hydrogen-bond donors (Lipinski definition) is 4. The van der Waals surface area contributed by atoms with Gasteiger partial charge in [-0.1, -0.05) is 17.9 Å². The first-order chi connectivity index (χ1) is 14.4. The molecular formula is C22H19N5O3. The van der Waals surface area contributed by atoms with Crippen molar-refractivity contribution in [3.63, 3.8) is 0 Å². The minimum absolute atomic E-state index is 0.196. The topological polar surface area (TPSA) is 134 Å². The van der Waals surface area contributed by atoms with E-state index >= 15 is 0 Å². The van der Waals surface area contributed by atoms with Gasteiger partial charge in [0.15, 0.2) is 0 Å². The van der Waals surface area contributed by atoms with Crippen LogP contribution in [0.3, 0.4) is 0 Å². The molecule has 4 rings (SSSR count). The van der Waals surface area contributed by atoms with E-state index in [0.717, 1.165) is 34.9 Å². The van der Waals surface area contributed by atoms with Crippen LogP contribution in [0, 0.1) is 11.8 Å². The maximum Gasteiger partial charge on any atom is 0.300 e. The molecule has 3 aromatic rings. The Balaban J connectivity index is 0.000000589. The van der Waals surface area contributed by atoms with Gasteiger partial charge in [0, 0.05) is 41.7 Å². The third-order valence-electron chi connectivity index (χ3n) is 3.90. The summed E-state index contributed by atoms with van der Waals surface area (Å²) in [5.74, 6) is 6.46. The lowest BCUT2D eigenvalue weighted by atomic mass is 10.0. The summed E-state index contributed by atoms with van der Waals surface area (Å²) < 4.78 is 0. The van der Waals surface area contributed by atoms with Crippen molar-refractivity contribution in [2.75, 3.05) is 11.1 Å². The van der Waals surface area contributed by atoms with Crippen molar-refractivity contribution >= 4 is 29.6 Å². The average Bonchev–Trinajstić information content (AvgIpc) is 3.14. The maximum atomic E-state index is 9.58. The summed E-state index contributed by atoms with van der Waals surface area (Å²) in [6.07, 6.45) is 3.44. The molecule has 1 aliphatic heterocycles. The van der Waals surface area contributed by atoms with Crippen LogP contribution in [-0.2, 0) is 11.3 Å². The van der Waals surface area contributed by atoms with Gasteiger partial charge in [0.1, 0.15) is 11.6 Å². The van der Waals surface area contributed by atoms with Gasteiger partial charge in [-0.3, -0.25) is 9.79 Å². The van der Waals surface area contributed by atoms with Crippen molar-refractivity contribution in [2.24, 2.45) is 4.99 Å². The van der Waals surface area contributed by atoms with Crippen molar-refractivity contribution in [3.05, 3.63) is 70.9 Å². The Morgan fingerprint density at radius 1 is 1.20 bits per heavy atom. The highest BCUT2D eigenvalue weighted by atomic mass is 16.4. The first-order valence-electron chi connectivity index (χ1n) is 8.93. The number of hydrogen-bond acceptors (Lipinski definition) is 7. The zero-order chi connectivity index (χ0) is 21.5. The first kappa shape index (κ1) is 20.4. The monoisotopic (exact) mass is 401 g/mol. The number of phenols is 1. The van der Waals surface area contributed by atoms with Crippen molar-refractivity contribution in [3.8, 4) is 17.6 Å². The Morgan fingerprint density at radius 2 is 2.00 bits per heavy atom. The zero-order valence-electron chi connectivity index (χ0n) is 16.1. The number of carbonyl (C=O) groups is 1. The summed E-state index contributed by atoms with van der Waals surface area (Å²) in [6, 6.07) is 12.6. The average molecular weight is 401 g/mol. The second kappa shape index (κ2) is 9.21. The van der Waals surface area contributed by atoms with E-state index in [1.165, 1.54) is 0 Å². The van der Waals surface area contributed by atoms with Crippen LogP contribution in [0.15, 0.2) is 53.7 Å². The zero-order valence-corrected chi connectivity index (χ0v) is 16.1. The minimum Gasteiger partial charge on any atom is -0.508 e. The fraction of sp³-hybridized carbons (Fsp3) is 0.0909. The molecule has 0 atom stereocenters. The summed E-state index contributed by atoms with van der Waals surface area (Å²) in [5, 5.41) is 20.2. The van der Waals surface area contributed by atoms with Gasteiger partial charge in [0.05, 0.1) is 6.54 Å². The van der Waals surface area contributed by atoms with Crippen LogP contribution in [0.1, 0.15) is 29.2 Å². The normalized spacial score (nSPS) is 10.8. The number of nitrogens with one attached hydrogen (secondary N) is 1. The lowest BCUT2D eigenvalue weighted by molar-refractivity contribution is -0.134. The largest absolute Gasteiger partial charge is 0.508 e. The maximum absolute atomic E-state index is 9.58. The third-order valence-corrected chi connectivity index (χ3v) is 3.90. The number of benzene rings is 2. The van der Waals surface area contributed by atoms with Crippen LogP contribution in [0.4, 0.5) is 17.5 Å². The lowest BCUT2D eigenvalue weighted by Gasteiger charge is -2.09. The number of rotatable bonds is 2. The summed E-state index contributed by atoms with van der Waals surface area (Å²) in [5.41, 5.74) is 10.2. The van der Waals surface area contributed by atoms with E-state index in [9.17, 15) is 5.11 Å². The molecule has 2 heterocycles. The SMILES string of the molecule is CC(=O)O.Nc1nccc(Nc2cc(C#Cc3cccc(O)c3)c3c(c2)C=NC3)n1. The van der Waals surface area contributed by atoms with Crippen molar-refractivity contribution in [2.45, 2.75) is 13.5 Å². The molecule has 0 bridgehead atoms. The van der Waals surface area contributed by atoms with Gasteiger partial charge >= 0.3 is 0 Å². The van der Waals surface area contributed by atoms with Gasteiger partial charge in [0.25, 0.3) is 5.97 Å². The van der Waals surface area contributed by atoms with E-state index in [1.807, 2.05) is 24.4 Å². The fourth-order valence-corrected chi connectivity index (χ4v) is 2.72. The second-order valence-electron chi connectivity index (χ2n) is 6.31. The standard InChI is InChI=1S/C20H15N5O.C2H4O2/c21-20-23-7-6-19(25-20)24-16-9-14(18-12-22-11-15(18)10-16)5-4-13-2-1-3-17(26)8-13;1-2(3)4/h1-3,6-11,26H,12H2,(H3,21,23,24,25);1H3,(H,3,4). The molecule has 0 radical (unpaired) electrons. The molecule has 1 aliphatic rings. The smallest absolute Gasteiger partial charge is 0.300 e. The summed E-state index contributed by atoms with van der Waals surface area (Å²) in [7, 11) is 0. The second-order valence-corrected chi connectivity index (χ2v) is 6.31. The third kappa shape index (κ3) is 5.56. The summed E-state index contributed by atoms with van der Waals surface area (Å²) in [6.45, 7) is 1.69. The van der Waals surface area contributed by atoms with Crippen LogP contribution in [0.2, 0.25) is 0 Å². The highest BCUT2D eigenvalue weighted by Crippen LogP contribution is 2.26. The molecule has 30 heavy (non-hydrogen) atoms. The number of phenolic OH excluding ortho intramolecular Hbond substituents is 1. The molecule has 1 aromatic heterocycles. The molecule has 0 aliphatic carbocycles. The first-order valence-corrected chi connectivity index (χ1v) is 8.93. The van der Waals surface area contributed by atoms with E-state index in [1.54, 1.807) is 30.5 Å². The number of nitrogens with zero attached hydrogens (tertiary/aromatic N) is 3. The quantitative estimate of drug-likeness (QED) is 0.485. The van der Waals surface area contributed by atoms with Gasteiger partial charge in [-0.15, -0.1) is 0 Å². The number of aromatic nitrogens is 2. The summed E-state index contributed by atoms with van der Waals surface area (Å²) in [4.78, 5) is 21.4. The molecular weight excluding hydrogens is 382 g/mol. The molecule has 0 spiro atoms. The van der Waals surface area contributed by atoms with E-state index < -0.39 is 5.97 Å². The molecule has 8 heteroatoms. The van der Waals surface area contributed by atoms with Crippen LogP contribution in [0.25, 0.3) is 0 Å². The van der Waals surface area contributed by atoms with Gasteiger partial charge in [-0.25, -0.2) is 4.98 Å². The number of nitrogens with two attached hydrogens (primary N) is 1. The van der Waals surface area contributed by atoms with Crippen molar-refractivity contribution in [1.29, 1.82) is 0 Å². The van der Waals surface area contributed by atoms with Crippen LogP contribution in [0.5, 0.6) is 5.75 Å². The highest BCUT2D eigenvalue weighted by Gasteiger charge is 2.12. The van der Waals surface area contributed by atoms with E-state index in [0.29, 0.717) is 12.4 Å². The predicted molar refractivity (Wildman–Crippen MR) is 115 cm³/mol. The Morgan fingerprint density at radius 3 is 2.73 bits per heavy atom. The van der Waals surface area contributed by atoms with Crippen LogP contribution in [-0.4, -0.2) is 32.4 Å². The fourth-order valence-electron chi connectivity index (χ4n) is 2.72. The Kier molecular flexibility index (Phi) is 6.25. The number of nitrogen functional groups attached to an aromatic ring is 1. The Labute approximate surface area is 173 Å². The number of carboxylic acids is 1. The van der Waals surface area contributed by atoms with E-state index in [4.69, 9.17) is 15.6 Å². The molecule has 2 aromatic carbocycles. The Bertz CT molecular complexity index is 1170. The molecule has 0 saturated heterocycles. The van der Waals surface area contributed by atoms with Crippen molar-refractivity contribution < 1.29 is 15.0 Å². The molecule has 0 amide bonds. The van der Waals surface area contributed by atoms with Gasteiger partial charge in [-0.2, -0.15) is 4.98 Å². The van der Waals surface area contributed by atoms with Crippen LogP contribution < -0.4 is 11.1 Å². The molecule has 0 saturated carbocycles. The predicted octanol–water partition coefficient (Wildman–Crippen LogP) is 2.93. The molecule has 8 nitrogen and oxygen atoms in total.